The summed E-state index contributed by atoms with van der Waals surface area (Å²) in [6, 6.07) is -1.00. The third kappa shape index (κ3) is 6.18. The summed E-state index contributed by atoms with van der Waals surface area (Å²) in [6.45, 7) is 13.1. The summed E-state index contributed by atoms with van der Waals surface area (Å²) in [4.78, 5) is 38.7. The van der Waals surface area contributed by atoms with Crippen molar-refractivity contribution in [1.82, 2.24) is 10.2 Å². The molecule has 0 bridgehead atoms. The van der Waals surface area contributed by atoms with E-state index in [1.165, 1.54) is 11.0 Å². The van der Waals surface area contributed by atoms with Crippen LogP contribution in [0.15, 0.2) is 11.6 Å². The van der Waals surface area contributed by atoms with Crippen LogP contribution in [-0.2, 0) is 14.3 Å². The Kier molecular flexibility index (Phi) is 7.20. The van der Waals surface area contributed by atoms with Gasteiger partial charge in [-0.15, -0.1) is 0 Å². The fraction of sp³-hybridized carbons (Fsp3) is 0.737. The van der Waals surface area contributed by atoms with Gasteiger partial charge in [0.15, 0.2) is 0 Å². The zero-order valence-corrected chi connectivity index (χ0v) is 16.5. The van der Waals surface area contributed by atoms with Gasteiger partial charge in [0.25, 0.3) is 11.8 Å². The van der Waals surface area contributed by atoms with E-state index in [1.54, 1.807) is 20.8 Å². The van der Waals surface area contributed by atoms with Crippen LogP contribution in [0.3, 0.4) is 0 Å². The lowest BCUT2D eigenvalue weighted by Gasteiger charge is -2.30. The number of imide groups is 1. The average molecular weight is 352 g/mol. The minimum atomic E-state index is -0.780. The number of nitrogens with zero attached hydrogens (tertiary/aromatic N) is 1. The van der Waals surface area contributed by atoms with Gasteiger partial charge in [-0.25, -0.2) is 4.79 Å². The summed E-state index contributed by atoms with van der Waals surface area (Å²) < 4.78 is 5.27. The van der Waals surface area contributed by atoms with Crippen molar-refractivity contribution in [2.24, 2.45) is 5.92 Å². The second-order valence-electron chi connectivity index (χ2n) is 8.07. The van der Waals surface area contributed by atoms with E-state index in [1.807, 2.05) is 27.7 Å². The number of hydrogen-bond donors (Lipinski definition) is 1. The lowest BCUT2D eigenvalue weighted by atomic mass is 10.0. The Balaban J connectivity index is 2.96. The minimum Gasteiger partial charge on any atom is -0.444 e. The summed E-state index contributed by atoms with van der Waals surface area (Å²) in [6.07, 6.45) is 2.90. The summed E-state index contributed by atoms with van der Waals surface area (Å²) in [5.41, 5.74) is 0.239. The van der Waals surface area contributed by atoms with E-state index < -0.39 is 17.7 Å². The van der Waals surface area contributed by atoms with Crippen molar-refractivity contribution in [1.29, 1.82) is 0 Å². The Morgan fingerprint density at radius 1 is 1.32 bits per heavy atom. The molecule has 0 fully saturated rings. The molecule has 0 saturated carbocycles. The third-order valence-electron chi connectivity index (χ3n) is 3.92. The Hall–Kier alpha value is -1.85. The summed E-state index contributed by atoms with van der Waals surface area (Å²) in [5.74, 6) is -0.489. The average Bonchev–Trinajstić information content (AvgIpc) is 2.69. The van der Waals surface area contributed by atoms with Crippen LogP contribution in [0.25, 0.3) is 0 Å². The van der Waals surface area contributed by atoms with E-state index in [-0.39, 0.29) is 23.8 Å². The van der Waals surface area contributed by atoms with E-state index in [4.69, 9.17) is 4.74 Å². The minimum absolute atomic E-state index is 0.181. The maximum Gasteiger partial charge on any atom is 0.408 e. The van der Waals surface area contributed by atoms with E-state index >= 15 is 0 Å². The number of amides is 3. The van der Waals surface area contributed by atoms with Crippen LogP contribution in [0.1, 0.15) is 67.7 Å². The van der Waals surface area contributed by atoms with Gasteiger partial charge in [0.05, 0.1) is 6.04 Å². The van der Waals surface area contributed by atoms with Gasteiger partial charge in [0, 0.05) is 6.08 Å². The maximum absolute atomic E-state index is 13.0. The van der Waals surface area contributed by atoms with Gasteiger partial charge in [-0.1, -0.05) is 27.2 Å². The molecule has 0 aromatic rings. The highest BCUT2D eigenvalue weighted by atomic mass is 16.6. The van der Waals surface area contributed by atoms with Crippen LogP contribution in [-0.4, -0.2) is 40.5 Å². The smallest absolute Gasteiger partial charge is 0.408 e. The molecule has 0 saturated heterocycles. The predicted octanol–water partition coefficient (Wildman–Crippen LogP) is 3.41. The number of rotatable bonds is 6. The summed E-state index contributed by atoms with van der Waals surface area (Å²) in [5, 5.41) is 2.65. The molecule has 1 N–H and O–H groups in total. The van der Waals surface area contributed by atoms with Crippen molar-refractivity contribution in [3.63, 3.8) is 0 Å². The lowest BCUT2D eigenvalue weighted by Crippen LogP contribution is -2.53. The molecular weight excluding hydrogens is 320 g/mol. The van der Waals surface area contributed by atoms with Gasteiger partial charge in [0.2, 0.25) is 0 Å². The van der Waals surface area contributed by atoms with Gasteiger partial charge in [-0.2, -0.15) is 0 Å². The van der Waals surface area contributed by atoms with Gasteiger partial charge >= 0.3 is 6.09 Å². The molecule has 0 aromatic carbocycles. The molecule has 142 valence electrons. The Labute approximate surface area is 151 Å². The molecule has 25 heavy (non-hydrogen) atoms. The predicted molar refractivity (Wildman–Crippen MR) is 96.9 cm³/mol. The fourth-order valence-corrected chi connectivity index (χ4v) is 2.92. The lowest BCUT2D eigenvalue weighted by molar-refractivity contribution is -0.144. The van der Waals surface area contributed by atoms with Crippen molar-refractivity contribution in [2.75, 3.05) is 0 Å². The molecule has 0 unspecified atom stereocenters. The maximum atomic E-state index is 13.0. The Morgan fingerprint density at radius 2 is 1.92 bits per heavy atom. The first-order valence-corrected chi connectivity index (χ1v) is 9.01. The second kappa shape index (κ2) is 8.50. The van der Waals surface area contributed by atoms with E-state index in [0.717, 1.165) is 18.4 Å². The fourth-order valence-electron chi connectivity index (χ4n) is 2.92. The van der Waals surface area contributed by atoms with Crippen molar-refractivity contribution in [3.8, 4) is 0 Å². The second-order valence-corrected chi connectivity index (χ2v) is 8.07. The van der Waals surface area contributed by atoms with Gasteiger partial charge in [-0.3, -0.25) is 14.5 Å². The number of ether oxygens (including phenoxy) is 1. The van der Waals surface area contributed by atoms with Crippen molar-refractivity contribution in [3.05, 3.63) is 11.6 Å². The standard InChI is InChI=1S/C19H32N2O4/c1-8-9-15-13(4)11-16(22)21(15)17(23)14(10-12(2)3)20-18(24)25-19(5,6)7/h11-12,14-15H,8-10H2,1-7H3,(H,20,24)/t14-,15-/m1/s1. The monoisotopic (exact) mass is 352 g/mol. The molecule has 6 heteroatoms. The quantitative estimate of drug-likeness (QED) is 0.795. The molecule has 0 aromatic heterocycles. The van der Waals surface area contributed by atoms with Crippen LogP contribution in [0.4, 0.5) is 4.79 Å². The zero-order valence-electron chi connectivity index (χ0n) is 16.5. The number of carbonyl (C=O) groups is 3. The molecule has 1 aliphatic rings. The van der Waals surface area contributed by atoms with E-state index in [0.29, 0.717) is 6.42 Å². The molecule has 1 heterocycles. The molecule has 3 amide bonds. The van der Waals surface area contributed by atoms with Crippen molar-refractivity contribution >= 4 is 17.9 Å². The third-order valence-corrected chi connectivity index (χ3v) is 3.92. The Bertz CT molecular complexity index is 546. The number of hydrogen-bond acceptors (Lipinski definition) is 4. The van der Waals surface area contributed by atoms with Crippen LogP contribution < -0.4 is 5.32 Å². The first-order chi connectivity index (χ1) is 11.5. The molecule has 6 nitrogen and oxygen atoms in total. The van der Waals surface area contributed by atoms with Gasteiger partial charge < -0.3 is 10.1 Å². The van der Waals surface area contributed by atoms with Gasteiger partial charge in [-0.05, 0) is 52.0 Å². The molecule has 0 aliphatic carbocycles. The molecule has 1 aliphatic heterocycles. The first kappa shape index (κ1) is 21.2. The van der Waals surface area contributed by atoms with Crippen molar-refractivity contribution < 1.29 is 19.1 Å². The number of nitrogens with one attached hydrogen (secondary N) is 1. The zero-order chi connectivity index (χ0) is 19.4. The molecule has 2 atom stereocenters. The van der Waals surface area contributed by atoms with Gasteiger partial charge in [0.1, 0.15) is 11.6 Å². The van der Waals surface area contributed by atoms with Crippen LogP contribution >= 0.6 is 0 Å². The highest BCUT2D eigenvalue weighted by molar-refractivity contribution is 6.06. The molecule has 0 radical (unpaired) electrons. The summed E-state index contributed by atoms with van der Waals surface area (Å²) in [7, 11) is 0. The van der Waals surface area contributed by atoms with E-state index in [2.05, 4.69) is 5.32 Å². The molecule has 0 spiro atoms. The topological polar surface area (TPSA) is 75.7 Å². The summed E-state index contributed by atoms with van der Waals surface area (Å²) >= 11 is 0. The SMILES string of the molecule is CCC[C@@H]1C(C)=CC(=O)N1C(=O)[C@@H](CC(C)C)NC(=O)OC(C)(C)C. The highest BCUT2D eigenvalue weighted by Gasteiger charge is 2.39. The Morgan fingerprint density at radius 3 is 2.40 bits per heavy atom. The van der Waals surface area contributed by atoms with Crippen LogP contribution in [0.5, 0.6) is 0 Å². The molecular formula is C19H32N2O4. The largest absolute Gasteiger partial charge is 0.444 e. The highest BCUT2D eigenvalue weighted by Crippen LogP contribution is 2.25. The number of alkyl carbamates (subject to hydrolysis) is 1. The number of carbonyl (C=O) groups excluding carboxylic acids is 3. The first-order valence-electron chi connectivity index (χ1n) is 9.01. The van der Waals surface area contributed by atoms with Crippen molar-refractivity contribution in [2.45, 2.75) is 85.4 Å². The van der Waals surface area contributed by atoms with Crippen LogP contribution in [0.2, 0.25) is 0 Å². The van der Waals surface area contributed by atoms with Crippen LogP contribution in [0, 0.1) is 5.92 Å². The van der Waals surface area contributed by atoms with E-state index in [9.17, 15) is 14.4 Å². The normalized spacial score (nSPS) is 19.0. The molecule has 1 rings (SSSR count).